The van der Waals surface area contributed by atoms with Crippen molar-refractivity contribution in [1.29, 1.82) is 0 Å². The highest BCUT2D eigenvalue weighted by Crippen LogP contribution is 2.25. The average molecular weight is 542 g/mol. The molecule has 0 aromatic heterocycles. The molecule has 0 saturated heterocycles. The van der Waals surface area contributed by atoms with Gasteiger partial charge in [-0.2, -0.15) is 0 Å². The van der Waals surface area contributed by atoms with Gasteiger partial charge < -0.3 is 10.2 Å². The summed E-state index contributed by atoms with van der Waals surface area (Å²) in [6.45, 7) is 5.55. The molecule has 3 aromatic carbocycles. The van der Waals surface area contributed by atoms with E-state index in [-0.39, 0.29) is 17.3 Å². The molecule has 0 spiro atoms. The summed E-state index contributed by atoms with van der Waals surface area (Å²) in [6.07, 6.45) is 0.747. The second-order valence-electron chi connectivity index (χ2n) is 8.78. The van der Waals surface area contributed by atoms with Gasteiger partial charge in [0.1, 0.15) is 12.6 Å². The predicted octanol–water partition coefficient (Wildman–Crippen LogP) is 4.79. The lowest BCUT2D eigenvalue weighted by atomic mass is 10.1. The number of hydrogen-bond acceptors (Lipinski definition) is 4. The van der Waals surface area contributed by atoms with Gasteiger partial charge in [0.15, 0.2) is 0 Å². The molecule has 0 saturated carbocycles. The minimum atomic E-state index is -4.07. The van der Waals surface area contributed by atoms with Gasteiger partial charge >= 0.3 is 0 Å². The van der Waals surface area contributed by atoms with E-state index in [0.717, 1.165) is 21.9 Å². The summed E-state index contributed by atoms with van der Waals surface area (Å²) >= 11 is 6.15. The molecular weight excluding hydrogens is 510 g/mol. The number of sulfonamides is 1. The average Bonchev–Trinajstić information content (AvgIpc) is 2.89. The molecule has 1 N–H and O–H groups in total. The lowest BCUT2D eigenvalue weighted by Crippen LogP contribution is -2.51. The standard InChI is InChI=1S/C28H32ClN3O4S/c1-4-17-30-28(34)22(3)31(19-23-9-8-10-24(29)18-23)27(33)20-32(25-15-13-21(2)14-16-25)37(35,36)26-11-6-5-7-12-26/h5-16,18,22H,4,17,19-20H2,1-3H3,(H,30,34)/t22-/m1/s1. The number of nitrogens with zero attached hydrogens (tertiary/aromatic N) is 2. The van der Waals surface area contributed by atoms with Crippen LogP contribution in [0.25, 0.3) is 0 Å². The summed E-state index contributed by atoms with van der Waals surface area (Å²) in [4.78, 5) is 28.1. The van der Waals surface area contributed by atoms with Crippen molar-refractivity contribution in [2.24, 2.45) is 0 Å². The summed E-state index contributed by atoms with van der Waals surface area (Å²) < 4.78 is 28.5. The first kappa shape index (κ1) is 28.2. The number of anilines is 1. The van der Waals surface area contributed by atoms with E-state index in [1.165, 1.54) is 17.0 Å². The molecule has 196 valence electrons. The van der Waals surface area contributed by atoms with Crippen LogP contribution in [0.15, 0.2) is 83.8 Å². The highest BCUT2D eigenvalue weighted by Gasteiger charge is 2.32. The SMILES string of the molecule is CCCNC(=O)[C@@H](C)N(Cc1cccc(Cl)c1)C(=O)CN(c1ccc(C)cc1)S(=O)(=O)c1ccccc1. The van der Waals surface area contributed by atoms with Gasteiger partial charge in [0.2, 0.25) is 11.8 Å². The van der Waals surface area contributed by atoms with Crippen molar-refractivity contribution in [2.75, 3.05) is 17.4 Å². The molecule has 0 aliphatic heterocycles. The van der Waals surface area contributed by atoms with Crippen molar-refractivity contribution in [3.63, 3.8) is 0 Å². The van der Waals surface area contributed by atoms with Crippen LogP contribution in [-0.2, 0) is 26.2 Å². The molecule has 3 rings (SSSR count). The topological polar surface area (TPSA) is 86.8 Å². The first-order chi connectivity index (χ1) is 17.6. The highest BCUT2D eigenvalue weighted by atomic mass is 35.5. The highest BCUT2D eigenvalue weighted by molar-refractivity contribution is 7.92. The Hall–Kier alpha value is -3.36. The third-order valence-corrected chi connectivity index (χ3v) is 7.91. The van der Waals surface area contributed by atoms with Gasteiger partial charge in [-0.1, -0.05) is 66.6 Å². The predicted molar refractivity (Wildman–Crippen MR) is 147 cm³/mol. The molecular formula is C28H32ClN3O4S. The summed E-state index contributed by atoms with van der Waals surface area (Å²) in [5.41, 5.74) is 2.04. The van der Waals surface area contributed by atoms with Crippen molar-refractivity contribution >= 4 is 39.1 Å². The van der Waals surface area contributed by atoms with Crippen LogP contribution in [0.5, 0.6) is 0 Å². The summed E-state index contributed by atoms with van der Waals surface area (Å²) in [6, 6.07) is 21.1. The van der Waals surface area contributed by atoms with Crippen LogP contribution >= 0.6 is 11.6 Å². The number of nitrogens with one attached hydrogen (secondary N) is 1. The molecule has 0 aliphatic rings. The van der Waals surface area contributed by atoms with E-state index in [2.05, 4.69) is 5.32 Å². The van der Waals surface area contributed by atoms with Crippen molar-refractivity contribution < 1.29 is 18.0 Å². The summed E-state index contributed by atoms with van der Waals surface area (Å²) in [7, 11) is -4.07. The first-order valence-electron chi connectivity index (χ1n) is 12.1. The zero-order valence-electron chi connectivity index (χ0n) is 21.2. The van der Waals surface area contributed by atoms with Crippen LogP contribution < -0.4 is 9.62 Å². The number of rotatable bonds is 11. The molecule has 7 nitrogen and oxygen atoms in total. The van der Waals surface area contributed by atoms with Gasteiger partial charge in [-0.3, -0.25) is 13.9 Å². The van der Waals surface area contributed by atoms with E-state index in [9.17, 15) is 18.0 Å². The molecule has 9 heteroatoms. The Balaban J connectivity index is 2.00. The second-order valence-corrected chi connectivity index (χ2v) is 11.1. The third kappa shape index (κ3) is 7.33. The van der Waals surface area contributed by atoms with Gasteiger partial charge in [-0.25, -0.2) is 8.42 Å². The Bertz CT molecular complexity index is 1310. The number of carbonyl (C=O) groups is 2. The zero-order valence-corrected chi connectivity index (χ0v) is 22.8. The fourth-order valence-corrected chi connectivity index (χ4v) is 5.42. The van der Waals surface area contributed by atoms with E-state index >= 15 is 0 Å². The van der Waals surface area contributed by atoms with Crippen LogP contribution in [0.4, 0.5) is 5.69 Å². The number of amides is 2. The van der Waals surface area contributed by atoms with Crippen LogP contribution in [0.2, 0.25) is 5.02 Å². The third-order valence-electron chi connectivity index (χ3n) is 5.89. The Morgan fingerprint density at radius 1 is 0.973 bits per heavy atom. The van der Waals surface area contributed by atoms with E-state index in [0.29, 0.717) is 17.3 Å². The molecule has 37 heavy (non-hydrogen) atoms. The smallest absolute Gasteiger partial charge is 0.264 e. The maximum Gasteiger partial charge on any atom is 0.264 e. The first-order valence-corrected chi connectivity index (χ1v) is 13.9. The Labute approximate surface area is 224 Å². The Kier molecular flexibility index (Phi) is 9.72. The van der Waals surface area contributed by atoms with Gasteiger partial charge in [0.25, 0.3) is 10.0 Å². The van der Waals surface area contributed by atoms with Crippen molar-refractivity contribution in [3.05, 3.63) is 95.0 Å². The molecule has 0 fully saturated rings. The van der Waals surface area contributed by atoms with Crippen molar-refractivity contribution in [2.45, 2.75) is 44.7 Å². The van der Waals surface area contributed by atoms with E-state index in [1.807, 2.05) is 13.8 Å². The van der Waals surface area contributed by atoms with E-state index < -0.39 is 28.5 Å². The van der Waals surface area contributed by atoms with Gasteiger partial charge in [0, 0.05) is 18.1 Å². The molecule has 0 unspecified atom stereocenters. The molecule has 0 heterocycles. The van der Waals surface area contributed by atoms with Crippen LogP contribution in [0.1, 0.15) is 31.4 Å². The quantitative estimate of drug-likeness (QED) is 0.378. The molecule has 0 bridgehead atoms. The lowest BCUT2D eigenvalue weighted by Gasteiger charge is -2.32. The minimum absolute atomic E-state index is 0.0681. The Morgan fingerprint density at radius 3 is 2.27 bits per heavy atom. The van der Waals surface area contributed by atoms with E-state index in [4.69, 9.17) is 11.6 Å². The number of carbonyl (C=O) groups excluding carboxylic acids is 2. The number of halogens is 1. The monoisotopic (exact) mass is 541 g/mol. The fourth-order valence-electron chi connectivity index (χ4n) is 3.77. The molecule has 0 radical (unpaired) electrons. The normalized spacial score (nSPS) is 12.0. The second kappa shape index (κ2) is 12.7. The van der Waals surface area contributed by atoms with Gasteiger partial charge in [0.05, 0.1) is 10.6 Å². The number of hydrogen-bond donors (Lipinski definition) is 1. The van der Waals surface area contributed by atoms with Crippen LogP contribution in [0, 0.1) is 6.92 Å². The maximum absolute atomic E-state index is 13.8. The molecule has 1 atom stereocenters. The van der Waals surface area contributed by atoms with Gasteiger partial charge in [-0.05, 0) is 62.2 Å². The van der Waals surface area contributed by atoms with Crippen LogP contribution in [0.3, 0.4) is 0 Å². The van der Waals surface area contributed by atoms with Crippen LogP contribution in [-0.4, -0.2) is 44.3 Å². The largest absolute Gasteiger partial charge is 0.354 e. The van der Waals surface area contributed by atoms with Crippen molar-refractivity contribution in [3.8, 4) is 0 Å². The van der Waals surface area contributed by atoms with E-state index in [1.54, 1.807) is 73.7 Å². The summed E-state index contributed by atoms with van der Waals surface area (Å²) in [5, 5.41) is 3.32. The number of aryl methyl sites for hydroxylation is 1. The lowest BCUT2D eigenvalue weighted by molar-refractivity contribution is -0.139. The molecule has 3 aromatic rings. The van der Waals surface area contributed by atoms with Crippen molar-refractivity contribution in [1.82, 2.24) is 10.2 Å². The molecule has 2 amide bonds. The minimum Gasteiger partial charge on any atom is -0.354 e. The Morgan fingerprint density at radius 2 is 1.65 bits per heavy atom. The zero-order chi connectivity index (χ0) is 27.0. The maximum atomic E-state index is 13.8. The fraction of sp³-hybridized carbons (Fsp3) is 0.286. The summed E-state index contributed by atoms with van der Waals surface area (Å²) in [5.74, 6) is -0.829. The molecule has 0 aliphatic carbocycles. The number of benzene rings is 3. The van der Waals surface area contributed by atoms with Gasteiger partial charge in [-0.15, -0.1) is 0 Å².